The van der Waals surface area contributed by atoms with Crippen LogP contribution in [-0.2, 0) is 17.1 Å². The highest BCUT2D eigenvalue weighted by Crippen LogP contribution is 2.31. The number of likely N-dealkylation sites (N-methyl/N-ethyl adjacent to an activating group) is 1. The number of rotatable bonds is 6. The lowest BCUT2D eigenvalue weighted by atomic mass is 9.95. The van der Waals surface area contributed by atoms with E-state index in [9.17, 15) is 8.42 Å². The maximum Gasteiger partial charge on any atom is 0.241 e. The first-order valence-electron chi connectivity index (χ1n) is 10.2. The van der Waals surface area contributed by atoms with Gasteiger partial charge in [-0.3, -0.25) is 0 Å². The number of nitrogens with zero attached hydrogens (tertiary/aromatic N) is 2. The molecule has 30 heavy (non-hydrogen) atoms. The largest absolute Gasteiger partial charge is 0.350 e. The average molecular weight is 428 g/mol. The van der Waals surface area contributed by atoms with Crippen LogP contribution >= 0.6 is 0 Å². The molecule has 1 aromatic heterocycles. The van der Waals surface area contributed by atoms with E-state index in [1.807, 2.05) is 61.0 Å². The van der Waals surface area contributed by atoms with E-state index in [1.54, 1.807) is 0 Å². The number of hydrogen-bond acceptors (Lipinski definition) is 3. The predicted molar refractivity (Wildman–Crippen MR) is 125 cm³/mol. The van der Waals surface area contributed by atoms with Crippen molar-refractivity contribution in [3.8, 4) is 0 Å². The SMILES string of the molecule is Cc1c(C)c(C)c(S(=O)(=O)NCC(c2cn(C)c3ccccc23)N(C)C)c(C)c1C. The van der Waals surface area contributed by atoms with Gasteiger partial charge < -0.3 is 9.47 Å². The molecule has 0 aliphatic rings. The summed E-state index contributed by atoms with van der Waals surface area (Å²) >= 11 is 0. The Bertz CT molecular complexity index is 1180. The lowest BCUT2D eigenvalue weighted by Crippen LogP contribution is -2.35. The van der Waals surface area contributed by atoms with Crippen LogP contribution in [0.25, 0.3) is 10.9 Å². The topological polar surface area (TPSA) is 54.3 Å². The van der Waals surface area contributed by atoms with Crippen LogP contribution in [0.2, 0.25) is 0 Å². The Kier molecular flexibility index (Phi) is 6.14. The van der Waals surface area contributed by atoms with Crippen molar-refractivity contribution in [1.29, 1.82) is 0 Å². The molecule has 1 N–H and O–H groups in total. The summed E-state index contributed by atoms with van der Waals surface area (Å²) in [7, 11) is 2.34. The third kappa shape index (κ3) is 3.80. The summed E-state index contributed by atoms with van der Waals surface area (Å²) in [5, 5.41) is 1.15. The lowest BCUT2D eigenvalue weighted by Gasteiger charge is -2.25. The van der Waals surface area contributed by atoms with Gasteiger partial charge in [0.25, 0.3) is 0 Å². The molecule has 1 atom stereocenters. The molecule has 0 radical (unpaired) electrons. The smallest absolute Gasteiger partial charge is 0.241 e. The Balaban J connectivity index is 2.00. The number of aromatic nitrogens is 1. The minimum absolute atomic E-state index is 0.0841. The summed E-state index contributed by atoms with van der Waals surface area (Å²) in [6.45, 7) is 10.1. The second-order valence-electron chi connectivity index (χ2n) is 8.50. The van der Waals surface area contributed by atoms with Gasteiger partial charge in [0, 0.05) is 36.7 Å². The van der Waals surface area contributed by atoms with Crippen LogP contribution in [0.4, 0.5) is 0 Å². The quantitative estimate of drug-likeness (QED) is 0.638. The van der Waals surface area contributed by atoms with E-state index in [4.69, 9.17) is 0 Å². The molecule has 0 spiro atoms. The third-order valence-electron chi connectivity index (χ3n) is 6.58. The van der Waals surface area contributed by atoms with Gasteiger partial charge in [0.05, 0.1) is 4.90 Å². The van der Waals surface area contributed by atoms with Crippen molar-refractivity contribution < 1.29 is 8.42 Å². The predicted octanol–water partition coefficient (Wildman–Crippen LogP) is 4.30. The van der Waals surface area contributed by atoms with Crippen LogP contribution in [0.1, 0.15) is 39.4 Å². The maximum atomic E-state index is 13.4. The van der Waals surface area contributed by atoms with Gasteiger partial charge in [0.15, 0.2) is 0 Å². The first-order valence-corrected chi connectivity index (χ1v) is 11.7. The van der Waals surface area contributed by atoms with Crippen molar-refractivity contribution in [3.05, 3.63) is 63.8 Å². The van der Waals surface area contributed by atoms with E-state index in [0.29, 0.717) is 11.4 Å². The normalized spacial score (nSPS) is 13.4. The molecule has 0 saturated carbocycles. The van der Waals surface area contributed by atoms with Crippen molar-refractivity contribution in [3.63, 3.8) is 0 Å². The van der Waals surface area contributed by atoms with E-state index in [1.165, 1.54) is 0 Å². The van der Waals surface area contributed by atoms with E-state index < -0.39 is 10.0 Å². The van der Waals surface area contributed by atoms with Gasteiger partial charge in [-0.1, -0.05) is 18.2 Å². The minimum Gasteiger partial charge on any atom is -0.350 e. The van der Waals surface area contributed by atoms with Crippen LogP contribution in [0, 0.1) is 34.6 Å². The Morgan fingerprint density at radius 3 is 2.03 bits per heavy atom. The van der Waals surface area contributed by atoms with Gasteiger partial charge in [-0.15, -0.1) is 0 Å². The molecule has 0 bridgehead atoms. The first-order chi connectivity index (χ1) is 14.0. The van der Waals surface area contributed by atoms with Gasteiger partial charge in [-0.05, 0) is 88.2 Å². The number of sulfonamides is 1. The molecule has 2 aromatic carbocycles. The summed E-state index contributed by atoms with van der Waals surface area (Å²) in [5.41, 5.74) is 7.15. The van der Waals surface area contributed by atoms with Gasteiger partial charge in [-0.2, -0.15) is 0 Å². The van der Waals surface area contributed by atoms with Gasteiger partial charge >= 0.3 is 0 Å². The minimum atomic E-state index is -3.65. The number of hydrogen-bond donors (Lipinski definition) is 1. The standard InChI is InChI=1S/C24H33N3O2S/c1-15-16(2)18(4)24(19(5)17(15)3)30(28,29)25-13-23(26(6)7)21-14-27(8)22-12-10-9-11-20(21)22/h9-12,14,23,25H,13H2,1-8H3. The zero-order valence-corrected chi connectivity index (χ0v) is 20.1. The summed E-state index contributed by atoms with van der Waals surface area (Å²) in [6, 6.07) is 8.14. The van der Waals surface area contributed by atoms with Gasteiger partial charge in [0.1, 0.15) is 0 Å². The summed E-state index contributed by atoms with van der Waals surface area (Å²) in [4.78, 5) is 2.48. The summed E-state index contributed by atoms with van der Waals surface area (Å²) in [5.74, 6) is 0. The third-order valence-corrected chi connectivity index (χ3v) is 8.27. The molecular formula is C24H33N3O2S. The van der Waals surface area contributed by atoms with E-state index in [0.717, 1.165) is 44.3 Å². The molecule has 3 rings (SSSR count). The molecule has 5 nitrogen and oxygen atoms in total. The fraction of sp³-hybridized carbons (Fsp3) is 0.417. The fourth-order valence-electron chi connectivity index (χ4n) is 4.34. The Morgan fingerprint density at radius 1 is 0.933 bits per heavy atom. The molecule has 0 aliphatic carbocycles. The van der Waals surface area contributed by atoms with Gasteiger partial charge in [0.2, 0.25) is 10.0 Å². The Labute approximate surface area is 180 Å². The molecule has 0 amide bonds. The van der Waals surface area contributed by atoms with E-state index in [2.05, 4.69) is 39.4 Å². The highest BCUT2D eigenvalue weighted by Gasteiger charge is 2.26. The van der Waals surface area contributed by atoms with Crippen molar-refractivity contribution in [2.45, 2.75) is 45.6 Å². The lowest BCUT2D eigenvalue weighted by molar-refractivity contribution is 0.301. The Morgan fingerprint density at radius 2 is 1.47 bits per heavy atom. The van der Waals surface area contributed by atoms with Crippen LogP contribution in [0.5, 0.6) is 0 Å². The van der Waals surface area contributed by atoms with Crippen molar-refractivity contribution in [2.75, 3.05) is 20.6 Å². The number of benzene rings is 2. The number of nitrogens with one attached hydrogen (secondary N) is 1. The molecule has 0 saturated heterocycles. The molecule has 6 heteroatoms. The number of para-hydroxylation sites is 1. The highest BCUT2D eigenvalue weighted by atomic mass is 32.2. The van der Waals surface area contributed by atoms with Crippen LogP contribution in [0.3, 0.4) is 0 Å². The molecule has 162 valence electrons. The van der Waals surface area contributed by atoms with Crippen molar-refractivity contribution in [2.24, 2.45) is 7.05 Å². The second-order valence-corrected chi connectivity index (χ2v) is 10.2. The zero-order valence-electron chi connectivity index (χ0n) is 19.3. The van der Waals surface area contributed by atoms with Crippen LogP contribution < -0.4 is 4.72 Å². The zero-order chi connectivity index (χ0) is 22.4. The number of aryl methyl sites for hydroxylation is 1. The average Bonchev–Trinajstić information content (AvgIpc) is 3.01. The highest BCUT2D eigenvalue weighted by molar-refractivity contribution is 7.89. The maximum absolute atomic E-state index is 13.4. The molecule has 1 heterocycles. The summed E-state index contributed by atoms with van der Waals surface area (Å²) in [6.07, 6.45) is 2.10. The van der Waals surface area contributed by atoms with E-state index in [-0.39, 0.29) is 6.04 Å². The molecule has 0 fully saturated rings. The molecular weight excluding hydrogens is 394 g/mol. The number of fused-ring (bicyclic) bond motifs is 1. The van der Waals surface area contributed by atoms with Crippen molar-refractivity contribution in [1.82, 2.24) is 14.2 Å². The molecule has 3 aromatic rings. The fourth-order valence-corrected chi connectivity index (χ4v) is 5.97. The first kappa shape index (κ1) is 22.5. The van der Waals surface area contributed by atoms with Crippen molar-refractivity contribution >= 4 is 20.9 Å². The van der Waals surface area contributed by atoms with Crippen LogP contribution in [0.15, 0.2) is 35.4 Å². The van der Waals surface area contributed by atoms with E-state index >= 15 is 0 Å². The molecule has 0 aliphatic heterocycles. The summed E-state index contributed by atoms with van der Waals surface area (Å²) < 4.78 is 31.8. The monoisotopic (exact) mass is 427 g/mol. The second kappa shape index (κ2) is 8.17. The Hall–Kier alpha value is -2.15. The van der Waals surface area contributed by atoms with Gasteiger partial charge in [-0.25, -0.2) is 13.1 Å². The molecule has 1 unspecified atom stereocenters. The van der Waals surface area contributed by atoms with Crippen LogP contribution in [-0.4, -0.2) is 38.5 Å².